The summed E-state index contributed by atoms with van der Waals surface area (Å²) in [5.41, 5.74) is 6.36. The quantitative estimate of drug-likeness (QED) is 0.807. The van der Waals surface area contributed by atoms with Gasteiger partial charge in [-0.1, -0.05) is 19.9 Å². The lowest BCUT2D eigenvalue weighted by Crippen LogP contribution is -2.37. The van der Waals surface area contributed by atoms with E-state index >= 15 is 0 Å². The molecule has 0 aromatic heterocycles. The Morgan fingerprint density at radius 2 is 2.05 bits per heavy atom. The topological polar surface area (TPSA) is 64.3 Å². The fraction of sp³-hybridized carbons (Fsp3) is 0.533. The molecule has 0 saturated carbocycles. The van der Waals surface area contributed by atoms with Gasteiger partial charge in [0.05, 0.1) is 0 Å². The Kier molecular flexibility index (Phi) is 6.45. The molecule has 1 aromatic carbocycles. The van der Waals surface area contributed by atoms with Crippen LogP contribution in [0.2, 0.25) is 0 Å². The van der Waals surface area contributed by atoms with Gasteiger partial charge >= 0.3 is 0 Å². The van der Waals surface area contributed by atoms with Crippen LogP contribution in [-0.4, -0.2) is 18.6 Å². The first-order valence-electron chi connectivity index (χ1n) is 6.95. The molecule has 3 N–H and O–H groups in total. The maximum absolute atomic E-state index is 13.7. The smallest absolute Gasteiger partial charge is 0.258 e. The summed E-state index contributed by atoms with van der Waals surface area (Å²) in [5, 5.41) is 2.83. The van der Waals surface area contributed by atoms with E-state index in [2.05, 4.69) is 5.32 Å². The Hall–Kier alpha value is -1.62. The third-order valence-electron chi connectivity index (χ3n) is 3.19. The van der Waals surface area contributed by atoms with Gasteiger partial charge in [-0.25, -0.2) is 4.39 Å². The van der Waals surface area contributed by atoms with Gasteiger partial charge in [-0.05, 0) is 37.5 Å². The van der Waals surface area contributed by atoms with E-state index in [9.17, 15) is 9.18 Å². The number of hydrogen-bond acceptors (Lipinski definition) is 3. The zero-order valence-electron chi connectivity index (χ0n) is 12.3. The molecule has 0 saturated heterocycles. The Morgan fingerprint density at radius 1 is 1.40 bits per heavy atom. The predicted octanol–water partition coefficient (Wildman–Crippen LogP) is 2.53. The molecule has 0 heterocycles. The molecule has 1 amide bonds. The largest absolute Gasteiger partial charge is 0.481 e. The minimum atomic E-state index is -0.505. The van der Waals surface area contributed by atoms with Crippen molar-refractivity contribution in [3.63, 3.8) is 0 Å². The number of carbonyl (C=O) groups is 1. The first-order chi connectivity index (χ1) is 9.47. The summed E-state index contributed by atoms with van der Waals surface area (Å²) in [6.07, 6.45) is 1.72. The minimum absolute atomic E-state index is 0.0640. The van der Waals surface area contributed by atoms with Crippen LogP contribution < -0.4 is 15.8 Å². The van der Waals surface area contributed by atoms with Crippen molar-refractivity contribution in [3.05, 3.63) is 29.6 Å². The Bertz CT molecular complexity index is 445. The fourth-order valence-corrected chi connectivity index (χ4v) is 1.82. The van der Waals surface area contributed by atoms with Gasteiger partial charge < -0.3 is 15.8 Å². The summed E-state index contributed by atoms with van der Waals surface area (Å²) < 4.78 is 18.9. The van der Waals surface area contributed by atoms with E-state index in [0.717, 1.165) is 12.8 Å². The van der Waals surface area contributed by atoms with Crippen LogP contribution in [0.3, 0.4) is 0 Å². The van der Waals surface area contributed by atoms with Crippen LogP contribution in [0.5, 0.6) is 5.75 Å². The van der Waals surface area contributed by atoms with Crippen molar-refractivity contribution in [3.8, 4) is 5.75 Å². The van der Waals surface area contributed by atoms with Crippen molar-refractivity contribution < 1.29 is 13.9 Å². The van der Waals surface area contributed by atoms with E-state index in [0.29, 0.717) is 5.56 Å². The molecule has 0 aliphatic rings. The number of rotatable bonds is 7. The van der Waals surface area contributed by atoms with Gasteiger partial charge in [-0.3, -0.25) is 4.79 Å². The lowest BCUT2D eigenvalue weighted by Gasteiger charge is -2.15. The highest BCUT2D eigenvalue weighted by molar-refractivity contribution is 5.77. The lowest BCUT2D eigenvalue weighted by molar-refractivity contribution is -0.123. The molecule has 1 atom stereocenters. The van der Waals surface area contributed by atoms with Gasteiger partial charge in [0.2, 0.25) is 0 Å². The molecule has 20 heavy (non-hydrogen) atoms. The number of nitrogens with one attached hydrogen (secondary N) is 1. The highest BCUT2D eigenvalue weighted by Crippen LogP contribution is 2.21. The third-order valence-corrected chi connectivity index (χ3v) is 3.19. The van der Waals surface area contributed by atoms with Crippen molar-refractivity contribution >= 4 is 5.91 Å². The van der Waals surface area contributed by atoms with Crippen LogP contribution in [0.15, 0.2) is 18.2 Å². The molecule has 0 fully saturated rings. The SMILES string of the molecule is CCC(CC)NC(=O)COc1ccc([C@H](C)N)cc1F. The number of halogens is 1. The molecule has 0 bridgehead atoms. The standard InChI is InChI=1S/C15H23FN2O2/c1-4-12(5-2)18-15(19)9-20-14-7-6-11(10(3)17)8-13(14)16/h6-8,10,12H,4-5,9,17H2,1-3H3,(H,18,19)/t10-/m0/s1. The second-order valence-electron chi connectivity index (χ2n) is 4.85. The van der Waals surface area contributed by atoms with Crippen molar-refractivity contribution in [1.82, 2.24) is 5.32 Å². The number of nitrogens with two attached hydrogens (primary N) is 1. The lowest BCUT2D eigenvalue weighted by atomic mass is 10.1. The van der Waals surface area contributed by atoms with Gasteiger partial charge in [0.1, 0.15) is 0 Å². The third kappa shape index (κ3) is 4.81. The molecule has 1 aromatic rings. The van der Waals surface area contributed by atoms with Crippen LogP contribution in [-0.2, 0) is 4.79 Å². The van der Waals surface area contributed by atoms with Crippen molar-refractivity contribution in [2.45, 2.75) is 45.7 Å². The van der Waals surface area contributed by atoms with Gasteiger partial charge in [0.25, 0.3) is 5.91 Å². The molecule has 0 unspecified atom stereocenters. The Balaban J connectivity index is 2.55. The highest BCUT2D eigenvalue weighted by atomic mass is 19.1. The molecule has 4 nitrogen and oxygen atoms in total. The van der Waals surface area contributed by atoms with Crippen molar-refractivity contribution in [1.29, 1.82) is 0 Å². The summed E-state index contributed by atoms with van der Waals surface area (Å²) in [4.78, 5) is 11.7. The van der Waals surface area contributed by atoms with E-state index < -0.39 is 5.82 Å². The van der Waals surface area contributed by atoms with E-state index in [1.807, 2.05) is 13.8 Å². The van der Waals surface area contributed by atoms with Crippen LogP contribution in [0.1, 0.15) is 45.2 Å². The van der Waals surface area contributed by atoms with Gasteiger partial charge in [0.15, 0.2) is 18.2 Å². The zero-order valence-corrected chi connectivity index (χ0v) is 12.3. The number of benzene rings is 1. The van der Waals surface area contributed by atoms with E-state index in [4.69, 9.17) is 10.5 Å². The first-order valence-corrected chi connectivity index (χ1v) is 6.95. The molecule has 5 heteroatoms. The molecule has 0 aliphatic heterocycles. The Morgan fingerprint density at radius 3 is 2.55 bits per heavy atom. The predicted molar refractivity (Wildman–Crippen MR) is 77.0 cm³/mol. The average molecular weight is 282 g/mol. The number of ether oxygens (including phenoxy) is 1. The average Bonchev–Trinajstić information content (AvgIpc) is 2.43. The molecular formula is C15H23FN2O2. The van der Waals surface area contributed by atoms with Crippen LogP contribution in [0, 0.1) is 5.82 Å². The second kappa shape index (κ2) is 7.85. The molecule has 1 rings (SSSR count). The molecular weight excluding hydrogens is 259 g/mol. The first kappa shape index (κ1) is 16.4. The van der Waals surface area contributed by atoms with Crippen molar-refractivity contribution in [2.75, 3.05) is 6.61 Å². The Labute approximate surface area is 119 Å². The van der Waals surface area contributed by atoms with Crippen LogP contribution >= 0.6 is 0 Å². The summed E-state index contributed by atoms with van der Waals surface area (Å²) in [6, 6.07) is 4.42. The summed E-state index contributed by atoms with van der Waals surface area (Å²) in [5.74, 6) is -0.682. The summed E-state index contributed by atoms with van der Waals surface area (Å²) in [6.45, 7) is 5.59. The number of hydrogen-bond donors (Lipinski definition) is 2. The van der Waals surface area contributed by atoms with Gasteiger partial charge in [-0.2, -0.15) is 0 Å². The maximum atomic E-state index is 13.7. The zero-order chi connectivity index (χ0) is 15.1. The second-order valence-corrected chi connectivity index (χ2v) is 4.85. The monoisotopic (exact) mass is 282 g/mol. The molecule has 0 spiro atoms. The van der Waals surface area contributed by atoms with Gasteiger partial charge in [0, 0.05) is 12.1 Å². The molecule has 112 valence electrons. The number of carbonyl (C=O) groups excluding carboxylic acids is 1. The van der Waals surface area contributed by atoms with E-state index in [1.54, 1.807) is 13.0 Å². The van der Waals surface area contributed by atoms with E-state index in [-0.39, 0.29) is 30.3 Å². The van der Waals surface area contributed by atoms with Crippen LogP contribution in [0.4, 0.5) is 4.39 Å². The van der Waals surface area contributed by atoms with Crippen LogP contribution in [0.25, 0.3) is 0 Å². The van der Waals surface area contributed by atoms with Gasteiger partial charge in [-0.15, -0.1) is 0 Å². The summed E-state index contributed by atoms with van der Waals surface area (Å²) >= 11 is 0. The highest BCUT2D eigenvalue weighted by Gasteiger charge is 2.11. The number of amides is 1. The molecule has 0 aliphatic carbocycles. The fourth-order valence-electron chi connectivity index (χ4n) is 1.82. The molecule has 0 radical (unpaired) electrons. The summed E-state index contributed by atoms with van der Waals surface area (Å²) in [7, 11) is 0. The maximum Gasteiger partial charge on any atom is 0.258 e. The van der Waals surface area contributed by atoms with Crippen molar-refractivity contribution in [2.24, 2.45) is 5.73 Å². The minimum Gasteiger partial charge on any atom is -0.481 e. The van der Waals surface area contributed by atoms with E-state index in [1.165, 1.54) is 12.1 Å². The normalized spacial score (nSPS) is 12.3.